The Morgan fingerprint density at radius 2 is 1.87 bits per heavy atom. The molecule has 23 heavy (non-hydrogen) atoms. The van der Waals surface area contributed by atoms with Crippen LogP contribution in [0.25, 0.3) is 10.9 Å². The van der Waals surface area contributed by atoms with E-state index in [-0.39, 0.29) is 5.97 Å². The van der Waals surface area contributed by atoms with Crippen molar-refractivity contribution in [3.05, 3.63) is 80.1 Å². The number of aryl methyl sites for hydroxylation is 1. The van der Waals surface area contributed by atoms with Gasteiger partial charge in [0.2, 0.25) is 0 Å². The van der Waals surface area contributed by atoms with Crippen LogP contribution in [0.2, 0.25) is 0 Å². The molecule has 0 N–H and O–H groups in total. The van der Waals surface area contributed by atoms with Crippen molar-refractivity contribution in [3.8, 4) is 0 Å². The van der Waals surface area contributed by atoms with Crippen LogP contribution < -0.4 is 0 Å². The van der Waals surface area contributed by atoms with E-state index in [9.17, 15) is 4.79 Å². The second-order valence-corrected chi connectivity index (χ2v) is 9.54. The molecule has 0 amide bonds. The molecule has 0 bridgehead atoms. The molecule has 0 saturated heterocycles. The number of rotatable bonds is 4. The minimum absolute atomic E-state index is 0.172. The van der Waals surface area contributed by atoms with Gasteiger partial charge in [-0.3, -0.25) is 0 Å². The molecule has 0 radical (unpaired) electrons. The summed E-state index contributed by atoms with van der Waals surface area (Å²) in [7, 11) is 0. The van der Waals surface area contributed by atoms with Crippen LogP contribution in [0.5, 0.6) is 0 Å². The quantitative estimate of drug-likeness (QED) is 0.449. The summed E-state index contributed by atoms with van der Waals surface area (Å²) in [6.45, 7) is 4.70. The molecule has 1 aliphatic heterocycles. The summed E-state index contributed by atoms with van der Waals surface area (Å²) in [5.41, 5.74) is 1.93. The Bertz CT molecular complexity index is 913. The van der Waals surface area contributed by atoms with Crippen LogP contribution >= 0.6 is 20.2 Å². The number of carbonyl (C=O) groups excluding carboxylic acids is 1. The molecule has 4 rings (SSSR count). The molecule has 116 valence electrons. The summed E-state index contributed by atoms with van der Waals surface area (Å²) < 4.78 is 10.4. The zero-order valence-corrected chi connectivity index (χ0v) is 14.7. The van der Waals surface area contributed by atoms with Gasteiger partial charge >= 0.3 is 143 Å². The first-order valence-electron chi connectivity index (χ1n) is 7.50. The predicted molar refractivity (Wildman–Crippen MR) is 100 cm³/mol. The van der Waals surface area contributed by atoms with Crippen LogP contribution in [0.15, 0.2) is 67.4 Å². The van der Waals surface area contributed by atoms with E-state index in [0.717, 1.165) is 22.1 Å². The SMILES string of the molecule is C=CCCn1cc(I2OC(=O)c3ccccc32)c2ccccc21. The van der Waals surface area contributed by atoms with Gasteiger partial charge in [-0.1, -0.05) is 0 Å². The predicted octanol–water partition coefficient (Wildman–Crippen LogP) is 4.85. The van der Waals surface area contributed by atoms with Crippen molar-refractivity contribution in [3.63, 3.8) is 0 Å². The van der Waals surface area contributed by atoms with Crippen molar-refractivity contribution in [2.24, 2.45) is 0 Å². The van der Waals surface area contributed by atoms with Crippen LogP contribution in [0.3, 0.4) is 0 Å². The summed E-state index contributed by atoms with van der Waals surface area (Å²) in [5, 5.41) is 1.20. The number of hydrogen-bond donors (Lipinski definition) is 0. The number of benzene rings is 2. The van der Waals surface area contributed by atoms with E-state index < -0.39 is 20.2 Å². The number of para-hydroxylation sites is 1. The topological polar surface area (TPSA) is 31.2 Å². The molecule has 0 aliphatic carbocycles. The van der Waals surface area contributed by atoms with Gasteiger partial charge in [0.15, 0.2) is 0 Å². The molecule has 0 saturated carbocycles. The molecule has 2 aromatic carbocycles. The standard InChI is InChI=1S/C19H16INO2/c1-2-3-12-21-13-17(14-8-5-7-11-18(14)21)20-16-10-6-4-9-15(16)19(22)23-20/h2,4-11,13H,1,3,12H2. The van der Waals surface area contributed by atoms with Crippen molar-refractivity contribution in [2.45, 2.75) is 13.0 Å². The average Bonchev–Trinajstić information content (AvgIpc) is 3.12. The molecule has 0 fully saturated rings. The second kappa shape index (κ2) is 5.85. The van der Waals surface area contributed by atoms with Gasteiger partial charge in [-0.05, 0) is 0 Å². The maximum absolute atomic E-state index is 12.2. The Labute approximate surface area is 142 Å². The molecule has 1 aromatic heterocycles. The summed E-state index contributed by atoms with van der Waals surface area (Å²) in [6, 6.07) is 16.1. The van der Waals surface area contributed by atoms with Gasteiger partial charge in [0.25, 0.3) is 0 Å². The zero-order valence-electron chi connectivity index (χ0n) is 12.5. The van der Waals surface area contributed by atoms with Gasteiger partial charge in [0.05, 0.1) is 0 Å². The van der Waals surface area contributed by atoms with Gasteiger partial charge < -0.3 is 0 Å². The van der Waals surface area contributed by atoms with Crippen molar-refractivity contribution < 1.29 is 7.86 Å². The maximum atomic E-state index is 12.2. The third-order valence-electron chi connectivity index (χ3n) is 3.92. The fourth-order valence-electron chi connectivity index (χ4n) is 2.83. The molecule has 1 aliphatic rings. The molecule has 3 aromatic rings. The fourth-order valence-corrected chi connectivity index (χ4v) is 7.61. The van der Waals surface area contributed by atoms with E-state index in [0.29, 0.717) is 0 Å². The van der Waals surface area contributed by atoms with Crippen LogP contribution in [-0.4, -0.2) is 10.5 Å². The summed E-state index contributed by atoms with van der Waals surface area (Å²) in [6.07, 6.45) is 5.02. The molecule has 0 spiro atoms. The van der Waals surface area contributed by atoms with E-state index in [2.05, 4.69) is 35.5 Å². The Kier molecular flexibility index (Phi) is 3.69. The van der Waals surface area contributed by atoms with E-state index in [1.54, 1.807) is 0 Å². The first-order valence-corrected chi connectivity index (χ1v) is 10.5. The fraction of sp³-hybridized carbons (Fsp3) is 0.105. The Balaban J connectivity index is 1.87. The van der Waals surface area contributed by atoms with Gasteiger partial charge in [-0.25, -0.2) is 0 Å². The number of fused-ring (bicyclic) bond motifs is 2. The summed E-state index contributed by atoms with van der Waals surface area (Å²) in [4.78, 5) is 12.2. The molecular formula is C19H16INO2. The van der Waals surface area contributed by atoms with Crippen molar-refractivity contribution in [1.29, 1.82) is 0 Å². The molecule has 0 unspecified atom stereocenters. The average molecular weight is 417 g/mol. The second-order valence-electron chi connectivity index (χ2n) is 5.36. The monoisotopic (exact) mass is 417 g/mol. The van der Waals surface area contributed by atoms with E-state index in [1.165, 1.54) is 14.5 Å². The molecule has 2 heterocycles. The molecular weight excluding hydrogens is 401 g/mol. The van der Waals surface area contributed by atoms with Crippen molar-refractivity contribution in [2.75, 3.05) is 0 Å². The number of hydrogen-bond acceptors (Lipinski definition) is 2. The number of nitrogens with zero attached hydrogens (tertiary/aromatic N) is 1. The Morgan fingerprint density at radius 3 is 2.74 bits per heavy atom. The van der Waals surface area contributed by atoms with Crippen LogP contribution in [0.1, 0.15) is 16.8 Å². The van der Waals surface area contributed by atoms with Gasteiger partial charge in [-0.15, -0.1) is 0 Å². The van der Waals surface area contributed by atoms with Crippen LogP contribution in [-0.2, 0) is 9.61 Å². The normalized spacial score (nSPS) is 14.8. The molecule has 0 atom stereocenters. The van der Waals surface area contributed by atoms with Crippen molar-refractivity contribution >= 4 is 37.1 Å². The Hall–Kier alpha value is -2.08. The van der Waals surface area contributed by atoms with E-state index in [1.807, 2.05) is 36.4 Å². The first-order chi connectivity index (χ1) is 11.3. The number of allylic oxidation sites excluding steroid dienone is 1. The number of halogens is 1. The van der Waals surface area contributed by atoms with Crippen LogP contribution in [0, 0.1) is 7.14 Å². The minimum atomic E-state index is -2.16. The van der Waals surface area contributed by atoms with Gasteiger partial charge in [-0.2, -0.15) is 0 Å². The third-order valence-corrected chi connectivity index (χ3v) is 8.68. The number of carbonyl (C=O) groups is 1. The first kappa shape index (κ1) is 14.5. The summed E-state index contributed by atoms with van der Waals surface area (Å²) >= 11 is -2.16. The van der Waals surface area contributed by atoms with Gasteiger partial charge in [0.1, 0.15) is 0 Å². The number of aromatic nitrogens is 1. The van der Waals surface area contributed by atoms with E-state index >= 15 is 0 Å². The van der Waals surface area contributed by atoms with Crippen molar-refractivity contribution in [1.82, 2.24) is 4.57 Å². The zero-order chi connectivity index (χ0) is 15.8. The van der Waals surface area contributed by atoms with E-state index in [4.69, 9.17) is 3.07 Å². The third kappa shape index (κ3) is 2.37. The summed E-state index contributed by atoms with van der Waals surface area (Å²) in [5.74, 6) is -0.172. The molecule has 4 heteroatoms. The Morgan fingerprint density at radius 1 is 1.09 bits per heavy atom. The van der Waals surface area contributed by atoms with Crippen LogP contribution in [0.4, 0.5) is 0 Å². The van der Waals surface area contributed by atoms with Gasteiger partial charge in [0, 0.05) is 0 Å². The molecule has 3 nitrogen and oxygen atoms in total.